The second-order valence-electron chi connectivity index (χ2n) is 6.14. The molecule has 1 rings (SSSR count). The first-order valence-electron chi connectivity index (χ1n) is 6.43. The number of carboxylic acid groups (broad SMARTS) is 1. The maximum Gasteiger partial charge on any atom is 0.323 e. The van der Waals surface area contributed by atoms with Crippen molar-refractivity contribution < 1.29 is 14.7 Å². The molecule has 0 saturated carbocycles. The summed E-state index contributed by atoms with van der Waals surface area (Å²) in [7, 11) is 2.01. The molecule has 0 unspecified atom stereocenters. The molecule has 0 aliphatic carbocycles. The van der Waals surface area contributed by atoms with E-state index >= 15 is 0 Å². The van der Waals surface area contributed by atoms with Crippen molar-refractivity contribution >= 4 is 11.9 Å². The van der Waals surface area contributed by atoms with E-state index in [-0.39, 0.29) is 18.5 Å². The van der Waals surface area contributed by atoms with Crippen LogP contribution in [0.1, 0.15) is 33.6 Å². The van der Waals surface area contributed by atoms with Crippen molar-refractivity contribution in [1.29, 1.82) is 0 Å². The molecule has 0 aromatic carbocycles. The molecule has 0 radical (unpaired) electrons. The molecule has 104 valence electrons. The molecule has 18 heavy (non-hydrogen) atoms. The van der Waals surface area contributed by atoms with Gasteiger partial charge in [-0.2, -0.15) is 0 Å². The van der Waals surface area contributed by atoms with Gasteiger partial charge in [0.1, 0.15) is 6.54 Å². The molecule has 5 nitrogen and oxygen atoms in total. The SMILES string of the molecule is CN1CCC[C@H](N(CC(=O)O)C(=O)C(C)(C)C)C1. The highest BCUT2D eigenvalue weighted by Crippen LogP contribution is 2.22. The van der Waals surface area contributed by atoms with Crippen LogP contribution in [0.3, 0.4) is 0 Å². The van der Waals surface area contributed by atoms with Gasteiger partial charge in [-0.25, -0.2) is 0 Å². The number of likely N-dealkylation sites (N-methyl/N-ethyl adjacent to an activating group) is 1. The van der Waals surface area contributed by atoms with Crippen molar-refractivity contribution in [1.82, 2.24) is 9.80 Å². The fourth-order valence-electron chi connectivity index (χ4n) is 2.34. The average molecular weight is 256 g/mol. The summed E-state index contributed by atoms with van der Waals surface area (Å²) in [5.74, 6) is -1.02. The highest BCUT2D eigenvalue weighted by atomic mass is 16.4. The van der Waals surface area contributed by atoms with Gasteiger partial charge in [0.2, 0.25) is 5.91 Å². The van der Waals surface area contributed by atoms with Crippen molar-refractivity contribution in [2.45, 2.75) is 39.7 Å². The van der Waals surface area contributed by atoms with Gasteiger partial charge in [0.25, 0.3) is 0 Å². The van der Waals surface area contributed by atoms with Crippen LogP contribution in [0.2, 0.25) is 0 Å². The van der Waals surface area contributed by atoms with Gasteiger partial charge in [-0.05, 0) is 26.4 Å². The number of piperidine rings is 1. The summed E-state index contributed by atoms with van der Waals surface area (Å²) in [5, 5.41) is 8.99. The summed E-state index contributed by atoms with van der Waals surface area (Å²) in [6.07, 6.45) is 1.90. The monoisotopic (exact) mass is 256 g/mol. The molecule has 1 N–H and O–H groups in total. The third-order valence-electron chi connectivity index (χ3n) is 3.25. The van der Waals surface area contributed by atoms with Crippen LogP contribution in [0.15, 0.2) is 0 Å². The topological polar surface area (TPSA) is 60.9 Å². The highest BCUT2D eigenvalue weighted by molar-refractivity contribution is 5.85. The minimum atomic E-state index is -0.944. The first kappa shape index (κ1) is 15.0. The molecule has 0 aromatic heterocycles. The first-order chi connectivity index (χ1) is 8.21. The van der Waals surface area contributed by atoms with Gasteiger partial charge in [0, 0.05) is 18.0 Å². The lowest BCUT2D eigenvalue weighted by Crippen LogP contribution is -2.53. The van der Waals surface area contributed by atoms with Gasteiger partial charge < -0.3 is 14.9 Å². The van der Waals surface area contributed by atoms with E-state index in [4.69, 9.17) is 5.11 Å². The predicted molar refractivity (Wildman–Crippen MR) is 69.3 cm³/mol. The molecule has 1 atom stereocenters. The van der Waals surface area contributed by atoms with Gasteiger partial charge in [-0.1, -0.05) is 20.8 Å². The smallest absolute Gasteiger partial charge is 0.323 e. The normalized spacial score (nSPS) is 21.7. The van der Waals surface area contributed by atoms with Gasteiger partial charge in [0.15, 0.2) is 0 Å². The Morgan fingerprint density at radius 1 is 1.39 bits per heavy atom. The Morgan fingerprint density at radius 3 is 2.44 bits per heavy atom. The predicted octanol–water partition coefficient (Wildman–Crippen LogP) is 1.04. The summed E-state index contributed by atoms with van der Waals surface area (Å²) < 4.78 is 0. The number of amides is 1. The van der Waals surface area contributed by atoms with Crippen LogP contribution in [0, 0.1) is 5.41 Å². The van der Waals surface area contributed by atoms with Crippen molar-refractivity contribution in [2.75, 3.05) is 26.7 Å². The minimum Gasteiger partial charge on any atom is -0.480 e. The highest BCUT2D eigenvalue weighted by Gasteiger charge is 2.34. The Morgan fingerprint density at radius 2 is 2.00 bits per heavy atom. The van der Waals surface area contributed by atoms with E-state index in [2.05, 4.69) is 4.90 Å². The Balaban J connectivity index is 2.83. The first-order valence-corrected chi connectivity index (χ1v) is 6.43. The van der Waals surface area contributed by atoms with Gasteiger partial charge >= 0.3 is 5.97 Å². The number of carboxylic acids is 1. The summed E-state index contributed by atoms with van der Waals surface area (Å²) in [6.45, 7) is 7.06. The number of nitrogens with zero attached hydrogens (tertiary/aromatic N) is 2. The van der Waals surface area contributed by atoms with Crippen LogP contribution < -0.4 is 0 Å². The van der Waals surface area contributed by atoms with Crippen LogP contribution in [0.5, 0.6) is 0 Å². The Labute approximate surface area is 109 Å². The number of rotatable bonds is 3. The second kappa shape index (κ2) is 5.69. The number of likely N-dealkylation sites (tertiary alicyclic amines) is 1. The number of aliphatic carboxylic acids is 1. The Bertz CT molecular complexity index is 323. The number of carbonyl (C=O) groups excluding carboxylic acids is 1. The van der Waals surface area contributed by atoms with E-state index in [1.807, 2.05) is 27.8 Å². The Kier molecular flexibility index (Phi) is 4.73. The number of hydrogen-bond acceptors (Lipinski definition) is 3. The fourth-order valence-corrected chi connectivity index (χ4v) is 2.34. The van der Waals surface area contributed by atoms with Crippen molar-refractivity contribution in [2.24, 2.45) is 5.41 Å². The van der Waals surface area contributed by atoms with Crippen molar-refractivity contribution in [3.8, 4) is 0 Å². The molecule has 0 bridgehead atoms. The summed E-state index contributed by atoms with van der Waals surface area (Å²) >= 11 is 0. The molecule has 5 heteroatoms. The van der Waals surface area contributed by atoms with Crippen molar-refractivity contribution in [3.63, 3.8) is 0 Å². The van der Waals surface area contributed by atoms with E-state index in [0.717, 1.165) is 25.9 Å². The van der Waals surface area contributed by atoms with E-state index in [1.54, 1.807) is 0 Å². The van der Waals surface area contributed by atoms with Gasteiger partial charge in [-0.3, -0.25) is 9.59 Å². The molecular formula is C13H24N2O3. The largest absolute Gasteiger partial charge is 0.480 e. The van der Waals surface area contributed by atoms with Crippen LogP contribution in [-0.4, -0.2) is 59.5 Å². The lowest BCUT2D eigenvalue weighted by molar-refractivity contribution is -0.151. The van der Waals surface area contributed by atoms with Crippen LogP contribution >= 0.6 is 0 Å². The fraction of sp³-hybridized carbons (Fsp3) is 0.846. The van der Waals surface area contributed by atoms with Crippen LogP contribution in [0.25, 0.3) is 0 Å². The third kappa shape index (κ3) is 3.98. The molecule has 1 heterocycles. The molecule has 0 aromatic rings. The lowest BCUT2D eigenvalue weighted by Gasteiger charge is -2.39. The van der Waals surface area contributed by atoms with Gasteiger partial charge in [0.05, 0.1) is 0 Å². The van der Waals surface area contributed by atoms with Gasteiger partial charge in [-0.15, -0.1) is 0 Å². The van der Waals surface area contributed by atoms with E-state index in [1.165, 1.54) is 4.90 Å². The zero-order chi connectivity index (χ0) is 13.9. The third-order valence-corrected chi connectivity index (χ3v) is 3.25. The molecule has 1 saturated heterocycles. The summed E-state index contributed by atoms with van der Waals surface area (Å²) in [6, 6.07) is 0.0200. The number of carbonyl (C=O) groups is 2. The average Bonchev–Trinajstić information content (AvgIpc) is 2.23. The number of hydrogen-bond donors (Lipinski definition) is 1. The zero-order valence-electron chi connectivity index (χ0n) is 11.8. The molecule has 1 fully saturated rings. The molecule has 1 aliphatic rings. The van der Waals surface area contributed by atoms with Crippen LogP contribution in [-0.2, 0) is 9.59 Å². The van der Waals surface area contributed by atoms with Crippen molar-refractivity contribution in [3.05, 3.63) is 0 Å². The van der Waals surface area contributed by atoms with Crippen LogP contribution in [0.4, 0.5) is 0 Å². The molecule has 1 aliphatic heterocycles. The quantitative estimate of drug-likeness (QED) is 0.819. The molecule has 1 amide bonds. The van der Waals surface area contributed by atoms with E-state index in [0.29, 0.717) is 0 Å². The summed E-state index contributed by atoms with van der Waals surface area (Å²) in [4.78, 5) is 27.0. The second-order valence-corrected chi connectivity index (χ2v) is 6.14. The molecule has 0 spiro atoms. The Hall–Kier alpha value is -1.10. The maximum atomic E-state index is 12.4. The standard InChI is InChI=1S/C13H24N2O3/c1-13(2,3)12(18)15(9-11(16)17)10-6-5-7-14(4)8-10/h10H,5-9H2,1-4H3,(H,16,17)/t10-/m0/s1. The lowest BCUT2D eigenvalue weighted by atomic mass is 9.92. The van der Waals surface area contributed by atoms with E-state index < -0.39 is 11.4 Å². The maximum absolute atomic E-state index is 12.4. The van der Waals surface area contributed by atoms with E-state index in [9.17, 15) is 9.59 Å². The molecular weight excluding hydrogens is 232 g/mol. The summed E-state index contributed by atoms with van der Waals surface area (Å²) in [5.41, 5.74) is -0.536. The minimum absolute atomic E-state index is 0.0200. The zero-order valence-corrected chi connectivity index (χ0v) is 11.8.